The molecule has 0 atom stereocenters. The number of benzene rings is 1. The van der Waals surface area contributed by atoms with Crippen LogP contribution < -0.4 is 5.32 Å². The second kappa shape index (κ2) is 6.80. The number of aryl methyl sites for hydroxylation is 1. The zero-order chi connectivity index (χ0) is 15.4. The van der Waals surface area contributed by atoms with Gasteiger partial charge in [0.25, 0.3) is 0 Å². The molecule has 0 radical (unpaired) electrons. The zero-order valence-corrected chi connectivity index (χ0v) is 12.7. The second-order valence-electron chi connectivity index (χ2n) is 5.31. The fourth-order valence-electron chi connectivity index (χ4n) is 2.37. The molecule has 5 nitrogen and oxygen atoms in total. The molecular formula is C15H19ClN2O3. The third kappa shape index (κ3) is 4.11. The van der Waals surface area contributed by atoms with Gasteiger partial charge in [-0.15, -0.1) is 0 Å². The summed E-state index contributed by atoms with van der Waals surface area (Å²) in [6.45, 7) is 3.12. The number of carbonyl (C=O) groups is 2. The van der Waals surface area contributed by atoms with Crippen LogP contribution in [0.25, 0.3) is 0 Å². The van der Waals surface area contributed by atoms with Crippen LogP contribution in [0, 0.1) is 12.8 Å². The average molecular weight is 311 g/mol. The Bertz CT molecular complexity index is 540. The third-order valence-corrected chi connectivity index (χ3v) is 4.22. The van der Waals surface area contributed by atoms with Crippen molar-refractivity contribution in [2.75, 3.05) is 25.0 Å². The van der Waals surface area contributed by atoms with Gasteiger partial charge in [-0.3, -0.25) is 9.59 Å². The molecule has 6 heteroatoms. The predicted molar refractivity (Wildman–Crippen MR) is 81.6 cm³/mol. The minimum Gasteiger partial charge on any atom is -0.481 e. The number of hydrogen-bond donors (Lipinski definition) is 2. The minimum atomic E-state index is -0.769. The van der Waals surface area contributed by atoms with Gasteiger partial charge in [0.05, 0.1) is 12.5 Å². The van der Waals surface area contributed by atoms with Crippen molar-refractivity contribution in [3.05, 3.63) is 28.8 Å². The van der Waals surface area contributed by atoms with Crippen molar-refractivity contribution in [2.24, 2.45) is 5.92 Å². The van der Waals surface area contributed by atoms with Gasteiger partial charge < -0.3 is 15.3 Å². The molecule has 0 aromatic heterocycles. The number of likely N-dealkylation sites (tertiary alicyclic amines) is 1. The minimum absolute atomic E-state index is 0.0180. The smallest absolute Gasteiger partial charge is 0.306 e. The molecule has 1 amide bonds. The molecule has 0 saturated carbocycles. The predicted octanol–water partition coefficient (Wildman–Crippen LogP) is 2.38. The lowest BCUT2D eigenvalue weighted by Crippen LogP contribution is -2.42. The number of carboxylic acids is 1. The number of carboxylic acid groups (broad SMARTS) is 1. The molecule has 1 aliphatic heterocycles. The second-order valence-corrected chi connectivity index (χ2v) is 5.72. The first-order chi connectivity index (χ1) is 9.97. The van der Waals surface area contributed by atoms with Crippen molar-refractivity contribution < 1.29 is 14.7 Å². The summed E-state index contributed by atoms with van der Waals surface area (Å²) in [6, 6.07) is 5.57. The van der Waals surface area contributed by atoms with Crippen molar-refractivity contribution in [3.63, 3.8) is 0 Å². The number of carbonyl (C=O) groups excluding carboxylic acids is 1. The summed E-state index contributed by atoms with van der Waals surface area (Å²) in [5.74, 6) is -1.11. The van der Waals surface area contributed by atoms with Crippen LogP contribution in [0.15, 0.2) is 18.2 Å². The highest BCUT2D eigenvalue weighted by atomic mass is 35.5. The maximum absolute atomic E-state index is 12.1. The standard InChI is InChI=1S/C15H19ClN2O3/c1-10-2-3-12(8-13(10)16)17-9-14(19)18-6-4-11(5-7-18)15(20)21/h2-3,8,11,17H,4-7,9H2,1H3,(H,20,21). The molecule has 0 unspecified atom stereocenters. The van der Waals surface area contributed by atoms with E-state index in [1.165, 1.54) is 0 Å². The Hall–Kier alpha value is -1.75. The lowest BCUT2D eigenvalue weighted by molar-refractivity contribution is -0.145. The van der Waals surface area contributed by atoms with E-state index in [2.05, 4.69) is 5.32 Å². The van der Waals surface area contributed by atoms with Gasteiger partial charge in [0.1, 0.15) is 0 Å². The van der Waals surface area contributed by atoms with E-state index in [0.717, 1.165) is 11.3 Å². The number of nitrogens with zero attached hydrogens (tertiary/aromatic N) is 1. The summed E-state index contributed by atoms with van der Waals surface area (Å²) in [7, 11) is 0. The maximum Gasteiger partial charge on any atom is 0.306 e. The Morgan fingerprint density at radius 2 is 2.05 bits per heavy atom. The Balaban J connectivity index is 1.82. The van der Waals surface area contributed by atoms with E-state index in [1.54, 1.807) is 11.0 Å². The highest BCUT2D eigenvalue weighted by molar-refractivity contribution is 6.31. The van der Waals surface area contributed by atoms with E-state index in [0.29, 0.717) is 31.0 Å². The van der Waals surface area contributed by atoms with E-state index in [9.17, 15) is 9.59 Å². The zero-order valence-electron chi connectivity index (χ0n) is 11.9. The Morgan fingerprint density at radius 1 is 1.38 bits per heavy atom. The van der Waals surface area contributed by atoms with E-state index in [4.69, 9.17) is 16.7 Å². The summed E-state index contributed by atoms with van der Waals surface area (Å²) in [6.07, 6.45) is 1.05. The van der Waals surface area contributed by atoms with Gasteiger partial charge in [-0.1, -0.05) is 17.7 Å². The number of aliphatic carboxylic acids is 1. The van der Waals surface area contributed by atoms with Gasteiger partial charge in [-0.2, -0.15) is 0 Å². The van der Waals surface area contributed by atoms with Gasteiger partial charge in [-0.05, 0) is 37.5 Å². The molecule has 1 aromatic carbocycles. The number of hydrogen-bond acceptors (Lipinski definition) is 3. The first-order valence-electron chi connectivity index (χ1n) is 6.98. The third-order valence-electron chi connectivity index (χ3n) is 3.81. The number of anilines is 1. The highest BCUT2D eigenvalue weighted by Crippen LogP contribution is 2.20. The molecule has 1 heterocycles. The van der Waals surface area contributed by atoms with Crippen LogP contribution in [0.3, 0.4) is 0 Å². The van der Waals surface area contributed by atoms with Crippen molar-refractivity contribution in [1.29, 1.82) is 0 Å². The SMILES string of the molecule is Cc1ccc(NCC(=O)N2CCC(C(=O)O)CC2)cc1Cl. The molecule has 1 aromatic rings. The fourth-order valence-corrected chi connectivity index (χ4v) is 2.55. The van der Waals surface area contributed by atoms with Gasteiger partial charge in [-0.25, -0.2) is 0 Å². The first kappa shape index (κ1) is 15.6. The van der Waals surface area contributed by atoms with Crippen molar-refractivity contribution in [1.82, 2.24) is 4.90 Å². The number of halogens is 1. The van der Waals surface area contributed by atoms with Crippen molar-refractivity contribution in [2.45, 2.75) is 19.8 Å². The summed E-state index contributed by atoms with van der Waals surface area (Å²) in [5, 5.41) is 12.6. The van der Waals surface area contributed by atoms with E-state index >= 15 is 0 Å². The van der Waals surface area contributed by atoms with Gasteiger partial charge in [0.15, 0.2) is 0 Å². The molecule has 2 N–H and O–H groups in total. The van der Waals surface area contributed by atoms with Crippen LogP contribution in [0.4, 0.5) is 5.69 Å². The van der Waals surface area contributed by atoms with Crippen molar-refractivity contribution >= 4 is 29.2 Å². The lowest BCUT2D eigenvalue weighted by Gasteiger charge is -2.30. The summed E-state index contributed by atoms with van der Waals surface area (Å²) in [4.78, 5) is 24.7. The molecule has 2 rings (SSSR count). The van der Waals surface area contributed by atoms with Crippen LogP contribution in [-0.4, -0.2) is 41.5 Å². The van der Waals surface area contributed by atoms with Crippen LogP contribution in [0.5, 0.6) is 0 Å². The van der Waals surface area contributed by atoms with E-state index in [1.807, 2.05) is 19.1 Å². The topological polar surface area (TPSA) is 69.6 Å². The Kier molecular flexibility index (Phi) is 5.07. The molecule has 1 aliphatic rings. The molecule has 114 valence electrons. The molecule has 21 heavy (non-hydrogen) atoms. The van der Waals surface area contributed by atoms with Gasteiger partial charge >= 0.3 is 5.97 Å². The Labute approximate surface area is 128 Å². The summed E-state index contributed by atoms with van der Waals surface area (Å²) < 4.78 is 0. The largest absolute Gasteiger partial charge is 0.481 e. The molecule has 0 spiro atoms. The Morgan fingerprint density at radius 3 is 2.62 bits per heavy atom. The monoisotopic (exact) mass is 310 g/mol. The lowest BCUT2D eigenvalue weighted by atomic mass is 9.97. The highest BCUT2D eigenvalue weighted by Gasteiger charge is 2.26. The van der Waals surface area contributed by atoms with Crippen LogP contribution >= 0.6 is 11.6 Å². The molecule has 1 saturated heterocycles. The number of amides is 1. The van der Waals surface area contributed by atoms with Gasteiger partial charge in [0.2, 0.25) is 5.91 Å². The molecule has 0 bridgehead atoms. The summed E-state index contributed by atoms with van der Waals surface area (Å²) in [5.41, 5.74) is 1.80. The number of piperidine rings is 1. The van der Waals surface area contributed by atoms with E-state index in [-0.39, 0.29) is 18.4 Å². The summed E-state index contributed by atoms with van der Waals surface area (Å²) >= 11 is 6.03. The van der Waals surface area contributed by atoms with Crippen LogP contribution in [0.1, 0.15) is 18.4 Å². The quantitative estimate of drug-likeness (QED) is 0.896. The first-order valence-corrected chi connectivity index (χ1v) is 7.36. The fraction of sp³-hybridized carbons (Fsp3) is 0.467. The maximum atomic E-state index is 12.1. The number of rotatable bonds is 4. The van der Waals surface area contributed by atoms with Gasteiger partial charge in [0, 0.05) is 23.8 Å². The van der Waals surface area contributed by atoms with Crippen molar-refractivity contribution in [3.8, 4) is 0 Å². The number of nitrogens with one attached hydrogen (secondary N) is 1. The van der Waals surface area contributed by atoms with Crippen LogP contribution in [0.2, 0.25) is 5.02 Å². The molecular weight excluding hydrogens is 292 g/mol. The average Bonchev–Trinajstić information content (AvgIpc) is 2.48. The normalized spacial score (nSPS) is 15.8. The van der Waals surface area contributed by atoms with Crippen LogP contribution in [-0.2, 0) is 9.59 Å². The van der Waals surface area contributed by atoms with E-state index < -0.39 is 5.97 Å². The molecule has 1 fully saturated rings. The molecule has 0 aliphatic carbocycles.